The summed E-state index contributed by atoms with van der Waals surface area (Å²) in [7, 11) is 0. The minimum atomic E-state index is -1.88. The van der Waals surface area contributed by atoms with E-state index in [1.807, 2.05) is 0 Å². The average Bonchev–Trinajstić information content (AvgIpc) is 3.10. The fourth-order valence-corrected chi connectivity index (χ4v) is 3.29. The number of anilines is 1. The van der Waals surface area contributed by atoms with Gasteiger partial charge in [0.15, 0.2) is 18.0 Å². The number of nitrogens with two attached hydrogens (primary N) is 1. The summed E-state index contributed by atoms with van der Waals surface area (Å²) in [5.41, 5.74) is 5.94. The van der Waals surface area contributed by atoms with Gasteiger partial charge in [0.25, 0.3) is 0 Å². The Labute approximate surface area is 156 Å². The molecule has 28 heavy (non-hydrogen) atoms. The lowest BCUT2D eigenvalue weighted by Gasteiger charge is -2.15. The third kappa shape index (κ3) is 2.93. The summed E-state index contributed by atoms with van der Waals surface area (Å²) in [6.45, 7) is -0.601. The first-order valence-corrected chi connectivity index (χ1v) is 8.47. The van der Waals surface area contributed by atoms with Crippen LogP contribution in [0.4, 0.5) is 14.7 Å². The molecule has 9 nitrogen and oxygen atoms in total. The van der Waals surface area contributed by atoms with Crippen molar-refractivity contribution in [2.45, 2.75) is 31.2 Å². The molecule has 0 aliphatic carbocycles. The van der Waals surface area contributed by atoms with Gasteiger partial charge in [0, 0.05) is 0 Å². The monoisotopic (exact) mass is 393 g/mol. The summed E-state index contributed by atoms with van der Waals surface area (Å²) in [6.07, 6.45) is -4.91. The molecule has 148 valence electrons. The van der Waals surface area contributed by atoms with E-state index in [1.54, 1.807) is 0 Å². The van der Waals surface area contributed by atoms with Gasteiger partial charge in [0.2, 0.25) is 5.95 Å². The number of halogens is 2. The number of nitrogens with zero attached hydrogens (tertiary/aromatic N) is 4. The highest BCUT2D eigenvalue weighted by molar-refractivity contribution is 5.72. The zero-order chi connectivity index (χ0) is 20.0. The lowest BCUT2D eigenvalue weighted by atomic mass is 10.1. The quantitative estimate of drug-likeness (QED) is 0.567. The van der Waals surface area contributed by atoms with Crippen molar-refractivity contribution in [3.05, 3.63) is 52.3 Å². The van der Waals surface area contributed by atoms with Gasteiger partial charge in [-0.05, 0) is 17.7 Å². The third-order valence-corrected chi connectivity index (χ3v) is 4.70. The Balaban J connectivity index is 1.85. The number of aromatic nitrogens is 4. The van der Waals surface area contributed by atoms with Gasteiger partial charge in [-0.25, -0.2) is 23.1 Å². The van der Waals surface area contributed by atoms with Gasteiger partial charge in [-0.3, -0.25) is 4.57 Å². The van der Waals surface area contributed by atoms with E-state index in [-0.39, 0.29) is 23.7 Å². The lowest BCUT2D eigenvalue weighted by molar-refractivity contribution is -0.0513. The number of fused-ring (bicyclic) bond motifs is 1. The molecule has 1 aliphatic heterocycles. The Morgan fingerprint density at radius 1 is 1.29 bits per heavy atom. The molecule has 4 rings (SSSR count). The third-order valence-electron chi connectivity index (χ3n) is 4.70. The molecule has 0 radical (unpaired) electrons. The van der Waals surface area contributed by atoms with Gasteiger partial charge in [0.1, 0.15) is 23.5 Å². The maximum absolute atomic E-state index is 14.2. The van der Waals surface area contributed by atoms with E-state index in [2.05, 4.69) is 9.97 Å². The number of aliphatic hydroxyl groups is 2. The Morgan fingerprint density at radius 2 is 2.00 bits per heavy atom. The van der Waals surface area contributed by atoms with Crippen molar-refractivity contribution < 1.29 is 23.7 Å². The summed E-state index contributed by atoms with van der Waals surface area (Å²) >= 11 is 0. The first-order valence-electron chi connectivity index (χ1n) is 8.47. The predicted octanol–water partition coefficient (Wildman–Crippen LogP) is -0.0487. The molecule has 4 atom stereocenters. The SMILES string of the molecule is Nc1ncc2c(n1)n([C@@H]1O[C@H](CO)[C@@H](F)[C@H]1O)c(=O)n2Cc1ccc(F)cc1. The van der Waals surface area contributed by atoms with Crippen LogP contribution < -0.4 is 11.4 Å². The summed E-state index contributed by atoms with van der Waals surface area (Å²) in [5, 5.41) is 19.4. The minimum Gasteiger partial charge on any atom is -0.394 e. The molecule has 3 heterocycles. The van der Waals surface area contributed by atoms with Crippen LogP contribution in [0.15, 0.2) is 35.3 Å². The van der Waals surface area contributed by atoms with Crippen molar-refractivity contribution in [2.24, 2.45) is 0 Å². The molecule has 0 bridgehead atoms. The van der Waals surface area contributed by atoms with Crippen molar-refractivity contribution in [3.8, 4) is 0 Å². The van der Waals surface area contributed by atoms with Crippen LogP contribution in [0.25, 0.3) is 11.2 Å². The van der Waals surface area contributed by atoms with E-state index in [4.69, 9.17) is 10.5 Å². The molecule has 2 aromatic heterocycles. The van der Waals surface area contributed by atoms with E-state index in [0.717, 1.165) is 4.57 Å². The number of hydrogen-bond acceptors (Lipinski definition) is 7. The molecule has 4 N–H and O–H groups in total. The number of nitrogen functional groups attached to an aromatic ring is 1. The second-order valence-electron chi connectivity index (χ2n) is 6.48. The molecule has 3 aromatic rings. The molecular formula is C17H17F2N5O4. The topological polar surface area (TPSA) is 128 Å². The van der Waals surface area contributed by atoms with E-state index < -0.39 is 42.7 Å². The maximum Gasteiger partial charge on any atom is 0.332 e. The van der Waals surface area contributed by atoms with Crippen molar-refractivity contribution in [1.82, 2.24) is 19.1 Å². The molecule has 1 aromatic carbocycles. The maximum atomic E-state index is 14.2. The van der Waals surface area contributed by atoms with Crippen LogP contribution in [-0.4, -0.2) is 54.3 Å². The van der Waals surface area contributed by atoms with Crippen LogP contribution in [0.2, 0.25) is 0 Å². The smallest absolute Gasteiger partial charge is 0.332 e. The molecule has 0 saturated carbocycles. The summed E-state index contributed by atoms with van der Waals surface area (Å²) < 4.78 is 35.0. The van der Waals surface area contributed by atoms with Crippen LogP contribution in [0.1, 0.15) is 11.8 Å². The van der Waals surface area contributed by atoms with Crippen molar-refractivity contribution >= 4 is 17.1 Å². The van der Waals surface area contributed by atoms with Crippen LogP contribution in [0.5, 0.6) is 0 Å². The normalized spacial score (nSPS) is 24.9. The van der Waals surface area contributed by atoms with E-state index in [1.165, 1.54) is 35.0 Å². The van der Waals surface area contributed by atoms with Gasteiger partial charge in [-0.1, -0.05) is 12.1 Å². The molecule has 0 unspecified atom stereocenters. The van der Waals surface area contributed by atoms with E-state index >= 15 is 0 Å². The summed E-state index contributed by atoms with van der Waals surface area (Å²) in [4.78, 5) is 21.0. The summed E-state index contributed by atoms with van der Waals surface area (Å²) in [6, 6.07) is 5.56. The van der Waals surface area contributed by atoms with E-state index in [9.17, 15) is 23.8 Å². The first-order chi connectivity index (χ1) is 13.4. The van der Waals surface area contributed by atoms with Crippen LogP contribution in [-0.2, 0) is 11.3 Å². The zero-order valence-electron chi connectivity index (χ0n) is 14.4. The second-order valence-corrected chi connectivity index (χ2v) is 6.48. The van der Waals surface area contributed by atoms with Crippen LogP contribution in [0, 0.1) is 5.82 Å². The predicted molar refractivity (Wildman–Crippen MR) is 93.6 cm³/mol. The molecule has 1 fully saturated rings. The highest BCUT2D eigenvalue weighted by Crippen LogP contribution is 2.32. The van der Waals surface area contributed by atoms with Crippen LogP contribution in [0.3, 0.4) is 0 Å². The molecule has 0 amide bonds. The molecular weight excluding hydrogens is 376 g/mol. The number of rotatable bonds is 4. The zero-order valence-corrected chi connectivity index (χ0v) is 14.4. The Hall–Kier alpha value is -2.89. The largest absolute Gasteiger partial charge is 0.394 e. The Bertz CT molecular complexity index is 1070. The van der Waals surface area contributed by atoms with Gasteiger partial charge < -0.3 is 20.7 Å². The number of alkyl halides is 1. The first kappa shape index (κ1) is 18.5. The number of imidazole rings is 1. The van der Waals surface area contributed by atoms with Crippen molar-refractivity contribution in [1.29, 1.82) is 0 Å². The fraction of sp³-hybridized carbons (Fsp3) is 0.353. The van der Waals surface area contributed by atoms with Gasteiger partial charge >= 0.3 is 5.69 Å². The highest BCUT2D eigenvalue weighted by atomic mass is 19.1. The standard InChI is InChI=1S/C17H17F2N5O4/c18-9-3-1-8(2-4-9)6-23-10-5-21-16(20)22-14(10)24(17(23)27)15-13(26)12(19)11(7-25)28-15/h1-5,11-13,15,25-26H,6-7H2,(H2,20,21,22)/t11-,12-,13-,15-/m1/s1. The minimum absolute atomic E-state index is 0.0504. The molecule has 1 saturated heterocycles. The Kier molecular flexibility index (Phi) is 4.57. The Morgan fingerprint density at radius 3 is 2.64 bits per heavy atom. The molecule has 11 heteroatoms. The highest BCUT2D eigenvalue weighted by Gasteiger charge is 2.46. The number of ether oxygens (including phenoxy) is 1. The van der Waals surface area contributed by atoms with Gasteiger partial charge in [-0.2, -0.15) is 4.98 Å². The number of aliphatic hydroxyl groups excluding tert-OH is 2. The average molecular weight is 393 g/mol. The number of benzene rings is 1. The van der Waals surface area contributed by atoms with Crippen molar-refractivity contribution in [2.75, 3.05) is 12.3 Å². The fourth-order valence-electron chi connectivity index (χ4n) is 3.29. The van der Waals surface area contributed by atoms with Gasteiger partial charge in [0.05, 0.1) is 19.3 Å². The molecule has 0 spiro atoms. The van der Waals surface area contributed by atoms with E-state index in [0.29, 0.717) is 5.56 Å². The second kappa shape index (κ2) is 6.93. The van der Waals surface area contributed by atoms with Crippen LogP contribution >= 0.6 is 0 Å². The number of hydrogen-bond donors (Lipinski definition) is 3. The lowest BCUT2D eigenvalue weighted by Crippen LogP contribution is -2.34. The molecule has 1 aliphatic rings. The summed E-state index contributed by atoms with van der Waals surface area (Å²) in [5.74, 6) is -0.538. The van der Waals surface area contributed by atoms with Crippen molar-refractivity contribution in [3.63, 3.8) is 0 Å². The van der Waals surface area contributed by atoms with Gasteiger partial charge in [-0.15, -0.1) is 0 Å².